The second-order valence-corrected chi connectivity index (χ2v) is 30.5. The smallest absolute Gasteiger partial charge is 0.415 e. The number of carboxylic acids is 1. The summed E-state index contributed by atoms with van der Waals surface area (Å²) in [6, 6.07) is 15.9. The zero-order valence-corrected chi connectivity index (χ0v) is 64.0. The number of Topliss-reactive ketones (excluding diaryl/α,β-unsaturated/α-hetero) is 2. The number of ketones is 2. The van der Waals surface area contributed by atoms with E-state index < -0.39 is 46.2 Å². The molecule has 0 saturated heterocycles. The zero-order valence-electron chi connectivity index (χ0n) is 64.0. The number of nitrogens with one attached hydrogen (secondary N) is 4. The van der Waals surface area contributed by atoms with E-state index in [0.717, 1.165) is 38.5 Å². The first-order valence-corrected chi connectivity index (χ1v) is 35.9. The lowest BCUT2D eigenvalue weighted by atomic mass is 9.99. The van der Waals surface area contributed by atoms with Gasteiger partial charge in [-0.2, -0.15) is 28.8 Å². The summed E-state index contributed by atoms with van der Waals surface area (Å²) in [4.78, 5) is 92.5. The molecule has 12 rings (SSSR count). The highest BCUT2D eigenvalue weighted by Crippen LogP contribution is 2.37. The van der Waals surface area contributed by atoms with Crippen molar-refractivity contribution >= 4 is 98.6 Å². The molecule has 3 fully saturated rings. The van der Waals surface area contributed by atoms with Gasteiger partial charge in [0, 0.05) is 70.8 Å². The highest BCUT2D eigenvalue weighted by Gasteiger charge is 2.32. The first-order valence-electron chi connectivity index (χ1n) is 35.9. The van der Waals surface area contributed by atoms with Crippen LogP contribution < -0.4 is 51.0 Å². The van der Waals surface area contributed by atoms with Crippen LogP contribution in [0.15, 0.2) is 91.8 Å². The molecule has 0 spiro atoms. The first kappa shape index (κ1) is 81.2. The number of hydrogen-bond acceptors (Lipinski definition) is 27. The molecule has 33 nitrogen and oxygen atoms in total. The van der Waals surface area contributed by atoms with Gasteiger partial charge in [0.15, 0.2) is 28.5 Å². The number of aromatic nitrogens is 12. The number of nitrogens with zero attached hydrogens (tertiary/aromatic N) is 14. The molecule has 9 aromatic rings. The quantitative estimate of drug-likeness (QED) is 0.0206. The average Bonchev–Trinajstić information content (AvgIpc) is 1.61. The Morgan fingerprint density at radius 2 is 0.843 bits per heavy atom. The van der Waals surface area contributed by atoms with E-state index >= 15 is 0 Å². The van der Waals surface area contributed by atoms with Crippen LogP contribution in [0.3, 0.4) is 0 Å². The molecule has 0 bridgehead atoms. The van der Waals surface area contributed by atoms with Gasteiger partial charge in [-0.3, -0.25) is 19.4 Å². The normalized spacial score (nSPS) is 13.7. The monoisotopic (exact) mass is 1490 g/mol. The molecule has 3 aliphatic carbocycles. The largest absolute Gasteiger partial charge is 0.477 e. The Bertz CT molecular complexity index is 4630. The van der Waals surface area contributed by atoms with Crippen LogP contribution in [0, 0.1) is 0 Å². The van der Waals surface area contributed by atoms with Crippen LogP contribution >= 0.6 is 0 Å². The van der Waals surface area contributed by atoms with E-state index in [1.165, 1.54) is 38.3 Å². The SMILES string of the molecule is CC(C)(O)CCN.CN(C(=O)OC(C)(C)C)c1cc(Nc2cccnc2OC2CC2)nc2c(C(=O)CCCC(C)(C)O)cnn12.CN(C(=O)OC(C)(C)C)c1cc(Nc2cccnc2OC2CC2)nc2c(C(=O)O)cnn12.CNc1cc(Nc2cccnc2OC2CC2)nc2c(C(=O)CCCC(C)(C)O)cnn12. The van der Waals surface area contributed by atoms with Crippen LogP contribution in [0.4, 0.5) is 61.6 Å². The molecule has 9 heterocycles. The lowest BCUT2D eigenvalue weighted by Gasteiger charge is -2.25. The average molecular weight is 1490 g/mol. The van der Waals surface area contributed by atoms with Crippen LogP contribution in [0.5, 0.6) is 17.6 Å². The Hall–Kier alpha value is -10.9. The molecule has 580 valence electrons. The standard InChI is InChI=1S/C27H36N6O5.C22H28N6O3.C21H24N6O5.C5H13NO/c1-26(2,3)38-25(35)32(6)22-15-21(30-19-9-8-14-28-24(19)37-17-11-12-17)31-23-18(16-29-33(22)23)20(34)10-7-13-27(4,5)36;1-22(2,30)10-4-7-17(29)15-13-25-28-19(23-3)12-18(27-20(15)28)26-16-6-5-11-24-21(16)31-14-8-9-14;1-21(2,3)32-20(30)26(4)16-10-15(25-17-13(19(28)29)11-23-27(16)17)24-14-6-5-9-22-18(14)31-12-7-8-12;1-5(2,7)3-4-6/h8-9,14-17,36H,7,10-13H2,1-6H3,(H,30,31);5-6,11-14,23,30H,4,7-10H2,1-3H3,(H,26,27);5-6,9-12H,7-8H2,1-4H3,(H,24,25)(H,28,29);7H,3-4,6H2,1-2H3. The van der Waals surface area contributed by atoms with Crippen molar-refractivity contribution < 1.29 is 68.1 Å². The zero-order chi connectivity index (χ0) is 78.6. The Kier molecular flexibility index (Phi) is 25.8. The molecule has 10 N–H and O–H groups in total. The number of carboxylic acid groups (broad SMARTS) is 1. The van der Waals surface area contributed by atoms with E-state index in [9.17, 15) is 39.3 Å². The molecular formula is C75H101N19O14. The van der Waals surface area contributed by atoms with Crippen LogP contribution in [-0.4, -0.2) is 183 Å². The number of carbonyl (C=O) groups is 5. The van der Waals surface area contributed by atoms with Crippen LogP contribution in [0.2, 0.25) is 0 Å². The first-order chi connectivity index (χ1) is 50.8. The van der Waals surface area contributed by atoms with Gasteiger partial charge in [0.25, 0.3) is 0 Å². The fourth-order valence-corrected chi connectivity index (χ4v) is 10.3. The Morgan fingerprint density at radius 3 is 1.16 bits per heavy atom. The van der Waals surface area contributed by atoms with Crippen molar-refractivity contribution in [2.24, 2.45) is 5.73 Å². The topological polar surface area (TPSA) is 422 Å². The van der Waals surface area contributed by atoms with Gasteiger partial charge < -0.3 is 71.1 Å². The van der Waals surface area contributed by atoms with Gasteiger partial charge >= 0.3 is 18.2 Å². The number of rotatable bonds is 28. The van der Waals surface area contributed by atoms with Crippen molar-refractivity contribution in [1.29, 1.82) is 0 Å². The molecule has 2 amide bonds. The minimum atomic E-state index is -1.19. The lowest BCUT2D eigenvalue weighted by Crippen LogP contribution is -2.35. The van der Waals surface area contributed by atoms with E-state index in [1.807, 2.05) is 24.3 Å². The van der Waals surface area contributed by atoms with Crippen molar-refractivity contribution in [1.82, 2.24) is 58.7 Å². The van der Waals surface area contributed by atoms with E-state index in [1.54, 1.807) is 157 Å². The maximum atomic E-state index is 13.1. The van der Waals surface area contributed by atoms with E-state index in [0.29, 0.717) is 131 Å². The predicted octanol–water partition coefficient (Wildman–Crippen LogP) is 12.1. The number of nitrogens with two attached hydrogens (primary N) is 1. The fourth-order valence-electron chi connectivity index (χ4n) is 10.3. The molecule has 0 aliphatic heterocycles. The van der Waals surface area contributed by atoms with Gasteiger partial charge in [-0.25, -0.2) is 44.3 Å². The van der Waals surface area contributed by atoms with Gasteiger partial charge in [-0.1, -0.05) is 0 Å². The van der Waals surface area contributed by atoms with Crippen LogP contribution in [0.25, 0.3) is 16.9 Å². The van der Waals surface area contributed by atoms with E-state index in [2.05, 4.69) is 66.5 Å². The lowest BCUT2D eigenvalue weighted by molar-refractivity contribution is 0.0577. The summed E-state index contributed by atoms with van der Waals surface area (Å²) in [6.07, 6.45) is 17.8. The number of carbonyl (C=O) groups excluding carboxylic acids is 4. The summed E-state index contributed by atoms with van der Waals surface area (Å²) in [7, 11) is 4.88. The highest BCUT2D eigenvalue weighted by atomic mass is 16.6. The van der Waals surface area contributed by atoms with Crippen LogP contribution in [0.1, 0.15) is 198 Å². The van der Waals surface area contributed by atoms with Crippen molar-refractivity contribution in [3.8, 4) is 17.6 Å². The summed E-state index contributed by atoms with van der Waals surface area (Å²) < 4.78 is 33.0. The molecule has 0 unspecified atom stereocenters. The summed E-state index contributed by atoms with van der Waals surface area (Å²) in [6.45, 7) is 21.6. The number of amides is 2. The Labute approximate surface area is 626 Å². The second-order valence-electron chi connectivity index (χ2n) is 30.5. The molecule has 3 aliphatic rings. The maximum Gasteiger partial charge on any atom is 0.415 e. The molecule has 108 heavy (non-hydrogen) atoms. The molecular weight excluding hydrogens is 1390 g/mol. The Balaban J connectivity index is 0.000000179. The number of ether oxygens (including phenoxy) is 5. The molecule has 33 heteroatoms. The van der Waals surface area contributed by atoms with Crippen molar-refractivity contribution in [3.63, 3.8) is 0 Å². The summed E-state index contributed by atoms with van der Waals surface area (Å²) in [5.74, 6) is 2.56. The molecule has 0 aromatic carbocycles. The molecule has 3 saturated carbocycles. The van der Waals surface area contributed by atoms with Crippen molar-refractivity contribution in [2.45, 2.75) is 213 Å². The number of pyridine rings is 3. The van der Waals surface area contributed by atoms with Gasteiger partial charge in [0.05, 0.1) is 46.5 Å². The predicted molar refractivity (Wildman–Crippen MR) is 407 cm³/mol. The molecule has 0 radical (unpaired) electrons. The third-order valence-electron chi connectivity index (χ3n) is 16.1. The molecule has 0 atom stereocenters. The van der Waals surface area contributed by atoms with Crippen LogP contribution in [-0.2, 0) is 9.47 Å². The van der Waals surface area contributed by atoms with Gasteiger partial charge in [0.1, 0.15) is 87.0 Å². The van der Waals surface area contributed by atoms with E-state index in [4.69, 9.17) is 34.5 Å². The van der Waals surface area contributed by atoms with Gasteiger partial charge in [0.2, 0.25) is 17.6 Å². The third-order valence-corrected chi connectivity index (χ3v) is 16.1. The molecule has 9 aromatic heterocycles. The number of aromatic carboxylic acids is 1. The fraction of sp³-hybridized carbons (Fsp3) is 0.493. The summed E-state index contributed by atoms with van der Waals surface area (Å²) >= 11 is 0. The van der Waals surface area contributed by atoms with Crippen molar-refractivity contribution in [3.05, 3.63) is 108 Å². The maximum absolute atomic E-state index is 13.1. The number of fused-ring (bicyclic) bond motifs is 3. The van der Waals surface area contributed by atoms with Crippen molar-refractivity contribution in [2.75, 3.05) is 58.8 Å². The minimum Gasteiger partial charge on any atom is -0.477 e. The van der Waals surface area contributed by atoms with E-state index in [-0.39, 0.29) is 53.3 Å². The van der Waals surface area contributed by atoms with Gasteiger partial charge in [-0.15, -0.1) is 0 Å². The third kappa shape index (κ3) is 23.8. The summed E-state index contributed by atoms with van der Waals surface area (Å²) in [5, 5.41) is 63.9. The number of aliphatic hydroxyl groups is 3. The number of anilines is 9. The van der Waals surface area contributed by atoms with Gasteiger partial charge in [-0.05, 0) is 197 Å². The highest BCUT2D eigenvalue weighted by molar-refractivity contribution is 6.03. The minimum absolute atomic E-state index is 0.0508. The Morgan fingerprint density at radius 1 is 0.509 bits per heavy atom. The summed E-state index contributed by atoms with van der Waals surface area (Å²) in [5.41, 5.74) is 4.92. The second kappa shape index (κ2) is 34.3. The number of hydrogen-bond donors (Lipinski definition) is 9.